The Morgan fingerprint density at radius 1 is 0.923 bits per heavy atom. The molecular weight excluding hydrogens is 332 g/mol. The summed E-state index contributed by atoms with van der Waals surface area (Å²) in [6, 6.07) is 17.2. The number of nitrogens with one attached hydrogen (secondary N) is 2. The molecular formula is C20H22N2O4. The first-order valence-corrected chi connectivity index (χ1v) is 8.62. The fraction of sp³-hybridized carbons (Fsp3) is 0.300. The molecule has 136 valence electrons. The van der Waals surface area contributed by atoms with Crippen molar-refractivity contribution in [1.82, 2.24) is 10.6 Å². The maximum Gasteiger partial charge on any atom is 0.251 e. The number of carbonyl (C=O) groups excluding carboxylic acids is 2. The van der Waals surface area contributed by atoms with E-state index in [0.29, 0.717) is 31.9 Å². The summed E-state index contributed by atoms with van der Waals surface area (Å²) in [5, 5.41) is 5.35. The van der Waals surface area contributed by atoms with Crippen molar-refractivity contribution in [3.05, 3.63) is 60.2 Å². The number of rotatable bonds is 6. The first-order valence-electron chi connectivity index (χ1n) is 8.62. The monoisotopic (exact) mass is 354 g/mol. The van der Waals surface area contributed by atoms with Crippen LogP contribution in [0.15, 0.2) is 54.6 Å². The minimum absolute atomic E-state index is 0.0765. The Kier molecular flexibility index (Phi) is 6.35. The molecule has 0 aliphatic carbocycles. The zero-order valence-corrected chi connectivity index (χ0v) is 14.4. The summed E-state index contributed by atoms with van der Waals surface area (Å²) < 4.78 is 10.7. The fourth-order valence-corrected chi connectivity index (χ4v) is 2.65. The van der Waals surface area contributed by atoms with Crippen LogP contribution in [0.1, 0.15) is 10.4 Å². The zero-order chi connectivity index (χ0) is 18.2. The van der Waals surface area contributed by atoms with Crippen molar-refractivity contribution in [3.8, 4) is 11.1 Å². The van der Waals surface area contributed by atoms with Gasteiger partial charge in [0.25, 0.3) is 5.91 Å². The van der Waals surface area contributed by atoms with E-state index >= 15 is 0 Å². The van der Waals surface area contributed by atoms with Crippen LogP contribution < -0.4 is 10.6 Å². The highest BCUT2D eigenvalue weighted by Crippen LogP contribution is 2.19. The lowest BCUT2D eigenvalue weighted by Gasteiger charge is -2.23. The average molecular weight is 354 g/mol. The molecule has 6 heteroatoms. The van der Waals surface area contributed by atoms with Crippen molar-refractivity contribution in [2.75, 3.05) is 32.9 Å². The lowest BCUT2D eigenvalue weighted by atomic mass is 10.0. The molecule has 1 unspecified atom stereocenters. The topological polar surface area (TPSA) is 76.7 Å². The molecule has 1 atom stereocenters. The van der Waals surface area contributed by atoms with Gasteiger partial charge in [-0.2, -0.15) is 0 Å². The van der Waals surface area contributed by atoms with Crippen LogP contribution in [-0.4, -0.2) is 50.8 Å². The second-order valence-electron chi connectivity index (χ2n) is 6.00. The molecule has 2 amide bonds. The molecule has 0 saturated carbocycles. The second kappa shape index (κ2) is 9.12. The van der Waals surface area contributed by atoms with Crippen molar-refractivity contribution in [1.29, 1.82) is 0 Å². The zero-order valence-electron chi connectivity index (χ0n) is 14.4. The van der Waals surface area contributed by atoms with E-state index in [9.17, 15) is 9.59 Å². The van der Waals surface area contributed by atoms with Gasteiger partial charge in [-0.25, -0.2) is 0 Å². The van der Waals surface area contributed by atoms with E-state index in [4.69, 9.17) is 9.47 Å². The smallest absolute Gasteiger partial charge is 0.251 e. The molecule has 6 nitrogen and oxygen atoms in total. The first-order chi connectivity index (χ1) is 12.7. The van der Waals surface area contributed by atoms with Crippen LogP contribution in [0, 0.1) is 0 Å². The number of hydrogen-bond acceptors (Lipinski definition) is 4. The van der Waals surface area contributed by atoms with Crippen LogP contribution >= 0.6 is 0 Å². The van der Waals surface area contributed by atoms with Crippen LogP contribution in [0.4, 0.5) is 0 Å². The summed E-state index contributed by atoms with van der Waals surface area (Å²) in [4.78, 5) is 24.0. The van der Waals surface area contributed by atoms with Gasteiger partial charge < -0.3 is 20.1 Å². The van der Waals surface area contributed by atoms with Crippen LogP contribution in [0.3, 0.4) is 0 Å². The molecule has 2 N–H and O–H groups in total. The first kappa shape index (κ1) is 18.1. The Labute approximate surface area is 152 Å². The SMILES string of the molecule is O=C(CNC(=O)c1ccc(-c2ccccc2)cc1)NCC1COCCO1. The van der Waals surface area contributed by atoms with Crippen LogP contribution in [0.25, 0.3) is 11.1 Å². The van der Waals surface area contributed by atoms with Crippen molar-refractivity contribution >= 4 is 11.8 Å². The summed E-state index contributed by atoms with van der Waals surface area (Å²) >= 11 is 0. The van der Waals surface area contributed by atoms with Crippen LogP contribution in [0.5, 0.6) is 0 Å². The molecule has 1 aliphatic rings. The fourth-order valence-electron chi connectivity index (χ4n) is 2.65. The van der Waals surface area contributed by atoms with Crippen molar-refractivity contribution in [2.45, 2.75) is 6.10 Å². The third-order valence-electron chi connectivity index (χ3n) is 4.08. The molecule has 1 saturated heterocycles. The number of amides is 2. The average Bonchev–Trinajstić information content (AvgIpc) is 2.72. The third kappa shape index (κ3) is 5.15. The normalized spacial score (nSPS) is 16.7. The molecule has 0 bridgehead atoms. The molecule has 0 radical (unpaired) electrons. The third-order valence-corrected chi connectivity index (χ3v) is 4.08. The lowest BCUT2D eigenvalue weighted by Crippen LogP contribution is -2.43. The number of hydrogen-bond donors (Lipinski definition) is 2. The van der Waals surface area contributed by atoms with E-state index in [-0.39, 0.29) is 24.5 Å². The predicted molar refractivity (Wildman–Crippen MR) is 97.8 cm³/mol. The Balaban J connectivity index is 1.45. The second-order valence-corrected chi connectivity index (χ2v) is 6.00. The standard InChI is InChI=1S/C20H22N2O4/c23-19(21-12-18-14-25-10-11-26-18)13-22-20(24)17-8-6-16(7-9-17)15-4-2-1-3-5-15/h1-9,18H,10-14H2,(H,21,23)(H,22,24). The van der Waals surface area contributed by atoms with Gasteiger partial charge in [0.1, 0.15) is 0 Å². The van der Waals surface area contributed by atoms with E-state index in [2.05, 4.69) is 10.6 Å². The minimum atomic E-state index is -0.281. The summed E-state index contributed by atoms with van der Waals surface area (Å²) in [5.74, 6) is -0.537. The van der Waals surface area contributed by atoms with Crippen molar-refractivity contribution in [3.63, 3.8) is 0 Å². The van der Waals surface area contributed by atoms with Crippen molar-refractivity contribution < 1.29 is 19.1 Å². The van der Waals surface area contributed by atoms with Gasteiger partial charge >= 0.3 is 0 Å². The summed E-state index contributed by atoms with van der Waals surface area (Å²) in [6.07, 6.45) is -0.131. The maximum atomic E-state index is 12.2. The summed E-state index contributed by atoms with van der Waals surface area (Å²) in [5.41, 5.74) is 2.64. The van der Waals surface area contributed by atoms with Gasteiger partial charge in [-0.15, -0.1) is 0 Å². The molecule has 1 aliphatic heterocycles. The van der Waals surface area contributed by atoms with E-state index < -0.39 is 0 Å². The summed E-state index contributed by atoms with van der Waals surface area (Å²) in [6.45, 7) is 1.90. The quantitative estimate of drug-likeness (QED) is 0.826. The lowest BCUT2D eigenvalue weighted by molar-refractivity contribution is -0.123. The van der Waals surface area contributed by atoms with Gasteiger partial charge in [0.15, 0.2) is 0 Å². The molecule has 0 spiro atoms. The molecule has 1 heterocycles. The van der Waals surface area contributed by atoms with Crippen LogP contribution in [-0.2, 0) is 14.3 Å². The molecule has 2 aromatic carbocycles. The van der Waals surface area contributed by atoms with Crippen LogP contribution in [0.2, 0.25) is 0 Å². The largest absolute Gasteiger partial charge is 0.376 e. The van der Waals surface area contributed by atoms with Gasteiger partial charge in [0, 0.05) is 12.1 Å². The Hall–Kier alpha value is -2.70. The Morgan fingerprint density at radius 2 is 1.65 bits per heavy atom. The molecule has 2 aromatic rings. The highest BCUT2D eigenvalue weighted by Gasteiger charge is 2.15. The van der Waals surface area contributed by atoms with Gasteiger partial charge in [0.05, 0.1) is 32.5 Å². The predicted octanol–water partition coefficient (Wildman–Crippen LogP) is 1.61. The summed E-state index contributed by atoms with van der Waals surface area (Å²) in [7, 11) is 0. The minimum Gasteiger partial charge on any atom is -0.376 e. The number of ether oxygens (including phenoxy) is 2. The van der Waals surface area contributed by atoms with Gasteiger partial charge in [-0.05, 0) is 23.3 Å². The van der Waals surface area contributed by atoms with E-state index in [1.54, 1.807) is 12.1 Å². The Morgan fingerprint density at radius 3 is 2.35 bits per heavy atom. The maximum absolute atomic E-state index is 12.2. The van der Waals surface area contributed by atoms with E-state index in [1.807, 2.05) is 42.5 Å². The van der Waals surface area contributed by atoms with Gasteiger partial charge in [-0.3, -0.25) is 9.59 Å². The van der Waals surface area contributed by atoms with Gasteiger partial charge in [-0.1, -0.05) is 42.5 Å². The highest BCUT2D eigenvalue weighted by molar-refractivity contribution is 5.96. The highest BCUT2D eigenvalue weighted by atomic mass is 16.6. The van der Waals surface area contributed by atoms with Crippen molar-refractivity contribution in [2.24, 2.45) is 0 Å². The molecule has 3 rings (SSSR count). The molecule has 1 fully saturated rings. The molecule has 26 heavy (non-hydrogen) atoms. The van der Waals surface area contributed by atoms with E-state index in [0.717, 1.165) is 11.1 Å². The molecule has 0 aromatic heterocycles. The number of benzene rings is 2. The Bertz CT molecular complexity index is 725. The van der Waals surface area contributed by atoms with Gasteiger partial charge in [0.2, 0.25) is 5.91 Å². The number of carbonyl (C=O) groups is 2. The van der Waals surface area contributed by atoms with E-state index in [1.165, 1.54) is 0 Å².